The first kappa shape index (κ1) is 17.4. The molecule has 2 aliphatic heterocycles. The standard InChI is InChI=1S/C21H22ClN5O/c1-14-23-12-21(27(14)16-3-4-18-19(11-16)25-13-24-18)15-2-5-20(17(22)10-15)26-6-8-28-9-7-26/h2-5,10-11,13,21,23H,1,6-9,12H2,(H,24,25). The number of hydrogen-bond donors (Lipinski definition) is 2. The highest BCUT2D eigenvalue weighted by molar-refractivity contribution is 6.33. The summed E-state index contributed by atoms with van der Waals surface area (Å²) in [5.74, 6) is 0.883. The van der Waals surface area contributed by atoms with Gasteiger partial charge in [-0.3, -0.25) is 0 Å². The molecule has 1 atom stereocenters. The Morgan fingerprint density at radius 1 is 1.14 bits per heavy atom. The van der Waals surface area contributed by atoms with Crippen LogP contribution in [0.25, 0.3) is 11.0 Å². The molecule has 5 rings (SSSR count). The summed E-state index contributed by atoms with van der Waals surface area (Å²) in [6, 6.07) is 12.7. The Hall–Kier alpha value is -2.70. The molecule has 3 aromatic rings. The molecule has 1 unspecified atom stereocenters. The van der Waals surface area contributed by atoms with E-state index in [0.717, 1.165) is 71.7 Å². The maximum Gasteiger partial charge on any atom is 0.0991 e. The number of benzene rings is 2. The van der Waals surface area contributed by atoms with Gasteiger partial charge in [0.05, 0.1) is 53.1 Å². The molecule has 144 valence electrons. The lowest BCUT2D eigenvalue weighted by Gasteiger charge is -2.31. The van der Waals surface area contributed by atoms with Crippen molar-refractivity contribution < 1.29 is 4.74 Å². The van der Waals surface area contributed by atoms with Crippen molar-refractivity contribution in [1.82, 2.24) is 15.3 Å². The maximum absolute atomic E-state index is 6.68. The quantitative estimate of drug-likeness (QED) is 0.708. The van der Waals surface area contributed by atoms with Crippen molar-refractivity contribution in [3.8, 4) is 0 Å². The number of fused-ring (bicyclic) bond motifs is 1. The SMILES string of the molecule is C=C1NCC(c2ccc(N3CCOCC3)c(Cl)c2)N1c1ccc2[nH]cnc2c1. The molecule has 6 nitrogen and oxygen atoms in total. The number of H-pyrrole nitrogens is 1. The first-order valence-corrected chi connectivity index (χ1v) is 9.86. The van der Waals surface area contributed by atoms with Crippen LogP contribution in [0.15, 0.2) is 55.1 Å². The molecule has 0 saturated carbocycles. The Kier molecular flexibility index (Phi) is 4.37. The van der Waals surface area contributed by atoms with Gasteiger partial charge < -0.3 is 24.8 Å². The van der Waals surface area contributed by atoms with Crippen molar-refractivity contribution in [2.24, 2.45) is 0 Å². The molecule has 2 fully saturated rings. The Balaban J connectivity index is 1.47. The van der Waals surface area contributed by atoms with E-state index in [1.165, 1.54) is 0 Å². The highest BCUT2D eigenvalue weighted by Crippen LogP contribution is 2.37. The van der Waals surface area contributed by atoms with E-state index in [2.05, 4.69) is 68.1 Å². The van der Waals surface area contributed by atoms with Gasteiger partial charge in [0.1, 0.15) is 0 Å². The number of halogens is 1. The fourth-order valence-electron chi connectivity index (χ4n) is 4.04. The van der Waals surface area contributed by atoms with Gasteiger partial charge in [0.15, 0.2) is 0 Å². The third-order valence-corrected chi connectivity index (χ3v) is 5.80. The predicted molar refractivity (Wildman–Crippen MR) is 113 cm³/mol. The third-order valence-electron chi connectivity index (χ3n) is 5.49. The van der Waals surface area contributed by atoms with Crippen molar-refractivity contribution in [3.05, 3.63) is 65.7 Å². The van der Waals surface area contributed by atoms with E-state index in [-0.39, 0.29) is 6.04 Å². The zero-order valence-corrected chi connectivity index (χ0v) is 16.2. The van der Waals surface area contributed by atoms with Crippen molar-refractivity contribution in [2.75, 3.05) is 42.6 Å². The highest BCUT2D eigenvalue weighted by atomic mass is 35.5. The monoisotopic (exact) mass is 395 g/mol. The second kappa shape index (κ2) is 7.04. The van der Waals surface area contributed by atoms with Crippen LogP contribution in [0.2, 0.25) is 5.02 Å². The van der Waals surface area contributed by atoms with Crippen molar-refractivity contribution in [1.29, 1.82) is 0 Å². The average Bonchev–Trinajstić information content (AvgIpc) is 3.34. The molecular formula is C21H22ClN5O. The van der Waals surface area contributed by atoms with Gasteiger partial charge in [0, 0.05) is 25.3 Å². The van der Waals surface area contributed by atoms with Crippen LogP contribution >= 0.6 is 11.6 Å². The normalized spacial score (nSPS) is 20.0. The number of anilines is 2. The number of rotatable bonds is 3. The Labute approximate surface area is 168 Å². The van der Waals surface area contributed by atoms with Gasteiger partial charge in [-0.1, -0.05) is 24.2 Å². The molecule has 7 heteroatoms. The Bertz CT molecular complexity index is 1030. The summed E-state index contributed by atoms with van der Waals surface area (Å²) in [5.41, 5.74) is 5.26. The number of aromatic amines is 1. The van der Waals surface area contributed by atoms with E-state index in [0.29, 0.717) is 0 Å². The minimum atomic E-state index is 0.125. The number of ether oxygens (including phenoxy) is 1. The molecule has 0 radical (unpaired) electrons. The molecule has 3 heterocycles. The summed E-state index contributed by atoms with van der Waals surface area (Å²) in [4.78, 5) is 12.0. The molecular weight excluding hydrogens is 374 g/mol. The number of nitrogens with one attached hydrogen (secondary N) is 2. The van der Waals surface area contributed by atoms with Gasteiger partial charge in [0.25, 0.3) is 0 Å². The van der Waals surface area contributed by atoms with E-state index in [4.69, 9.17) is 16.3 Å². The summed E-state index contributed by atoms with van der Waals surface area (Å²) in [7, 11) is 0. The molecule has 0 bridgehead atoms. The van der Waals surface area contributed by atoms with Gasteiger partial charge in [-0.2, -0.15) is 0 Å². The van der Waals surface area contributed by atoms with Crippen molar-refractivity contribution in [2.45, 2.75) is 6.04 Å². The molecule has 2 saturated heterocycles. The predicted octanol–water partition coefficient (Wildman–Crippen LogP) is 3.68. The van der Waals surface area contributed by atoms with Crippen molar-refractivity contribution in [3.63, 3.8) is 0 Å². The number of imidazole rings is 1. The molecule has 0 aliphatic carbocycles. The van der Waals surface area contributed by atoms with Crippen LogP contribution in [-0.4, -0.2) is 42.8 Å². The molecule has 0 amide bonds. The lowest BCUT2D eigenvalue weighted by Crippen LogP contribution is -2.36. The maximum atomic E-state index is 6.68. The molecule has 2 aliphatic rings. The first-order chi connectivity index (χ1) is 13.7. The smallest absolute Gasteiger partial charge is 0.0991 e. The minimum Gasteiger partial charge on any atom is -0.378 e. The van der Waals surface area contributed by atoms with Gasteiger partial charge in [-0.25, -0.2) is 4.98 Å². The number of nitrogens with zero attached hydrogens (tertiary/aromatic N) is 3. The molecule has 0 spiro atoms. The van der Waals surface area contributed by atoms with Crippen LogP contribution in [0.4, 0.5) is 11.4 Å². The second-order valence-electron chi connectivity index (χ2n) is 7.13. The number of hydrogen-bond acceptors (Lipinski definition) is 5. The van der Waals surface area contributed by atoms with Crippen LogP contribution in [0, 0.1) is 0 Å². The zero-order valence-electron chi connectivity index (χ0n) is 15.5. The average molecular weight is 396 g/mol. The van der Waals surface area contributed by atoms with Crippen LogP contribution in [0.3, 0.4) is 0 Å². The van der Waals surface area contributed by atoms with Gasteiger partial charge >= 0.3 is 0 Å². The van der Waals surface area contributed by atoms with Crippen LogP contribution in [-0.2, 0) is 4.74 Å². The lowest BCUT2D eigenvalue weighted by atomic mass is 10.0. The summed E-state index contributed by atoms with van der Waals surface area (Å²) in [6.45, 7) is 8.21. The van der Waals surface area contributed by atoms with Crippen LogP contribution in [0.1, 0.15) is 11.6 Å². The molecule has 1 aromatic heterocycles. The topological polar surface area (TPSA) is 56.4 Å². The van der Waals surface area contributed by atoms with Crippen LogP contribution < -0.4 is 15.1 Å². The van der Waals surface area contributed by atoms with E-state index < -0.39 is 0 Å². The van der Waals surface area contributed by atoms with E-state index in [9.17, 15) is 0 Å². The van der Waals surface area contributed by atoms with E-state index in [1.54, 1.807) is 6.33 Å². The zero-order chi connectivity index (χ0) is 19.1. The number of aromatic nitrogens is 2. The summed E-state index contributed by atoms with van der Waals surface area (Å²) >= 11 is 6.68. The summed E-state index contributed by atoms with van der Waals surface area (Å²) in [6.07, 6.45) is 1.72. The van der Waals surface area contributed by atoms with Crippen LogP contribution in [0.5, 0.6) is 0 Å². The largest absolute Gasteiger partial charge is 0.378 e. The third kappa shape index (κ3) is 2.99. The Morgan fingerprint density at radius 2 is 2.00 bits per heavy atom. The van der Waals surface area contributed by atoms with Gasteiger partial charge in [-0.15, -0.1) is 0 Å². The van der Waals surface area contributed by atoms with Crippen molar-refractivity contribution >= 4 is 34.0 Å². The van der Waals surface area contributed by atoms with E-state index >= 15 is 0 Å². The van der Waals surface area contributed by atoms with E-state index in [1.807, 2.05) is 0 Å². The second-order valence-corrected chi connectivity index (χ2v) is 7.53. The van der Waals surface area contributed by atoms with Gasteiger partial charge in [0.2, 0.25) is 0 Å². The fourth-order valence-corrected chi connectivity index (χ4v) is 4.35. The minimum absolute atomic E-state index is 0.125. The summed E-state index contributed by atoms with van der Waals surface area (Å²) in [5, 5.41) is 4.17. The lowest BCUT2D eigenvalue weighted by molar-refractivity contribution is 0.122. The molecule has 2 aromatic carbocycles. The Morgan fingerprint density at radius 3 is 2.82 bits per heavy atom. The highest BCUT2D eigenvalue weighted by Gasteiger charge is 2.30. The molecule has 2 N–H and O–H groups in total. The number of morpholine rings is 1. The fraction of sp³-hybridized carbons (Fsp3) is 0.286. The molecule has 28 heavy (non-hydrogen) atoms. The summed E-state index contributed by atoms with van der Waals surface area (Å²) < 4.78 is 5.45. The first-order valence-electron chi connectivity index (χ1n) is 9.48. The van der Waals surface area contributed by atoms with Gasteiger partial charge in [-0.05, 0) is 35.9 Å².